The molecular weight excluding hydrogens is 300 g/mol. The van der Waals surface area contributed by atoms with Crippen LogP contribution in [0.3, 0.4) is 0 Å². The minimum atomic E-state index is -0.611. The van der Waals surface area contributed by atoms with E-state index in [1.54, 1.807) is 0 Å². The van der Waals surface area contributed by atoms with Crippen LogP contribution < -0.4 is 0 Å². The molecule has 1 aliphatic heterocycles. The Hall–Kier alpha value is -1.94. The van der Waals surface area contributed by atoms with Crippen molar-refractivity contribution in [3.63, 3.8) is 0 Å². The minimum absolute atomic E-state index is 0.0956. The number of carbonyl (C=O) groups is 1. The number of benzene rings is 1. The first-order chi connectivity index (χ1) is 11.6. The van der Waals surface area contributed by atoms with Crippen LogP contribution in [0, 0.1) is 18.3 Å². The Kier molecular flexibility index (Phi) is 3.80. The molecule has 4 nitrogen and oxygen atoms in total. The number of hydrogen-bond donors (Lipinski definition) is 1. The molecule has 24 heavy (non-hydrogen) atoms. The summed E-state index contributed by atoms with van der Waals surface area (Å²) < 4.78 is 0. The van der Waals surface area contributed by atoms with Gasteiger partial charge in [-0.25, -0.2) is 0 Å². The first kappa shape index (κ1) is 15.6. The van der Waals surface area contributed by atoms with Crippen LogP contribution in [0.2, 0.25) is 0 Å². The van der Waals surface area contributed by atoms with Gasteiger partial charge in [-0.15, -0.1) is 0 Å². The van der Waals surface area contributed by atoms with Crippen LogP contribution >= 0.6 is 0 Å². The molecule has 0 amide bonds. The van der Waals surface area contributed by atoms with E-state index < -0.39 is 5.97 Å². The third kappa shape index (κ3) is 2.69. The molecule has 0 radical (unpaired) electrons. The second-order valence-electron chi connectivity index (χ2n) is 7.66. The summed E-state index contributed by atoms with van der Waals surface area (Å²) in [5, 5.41) is 10.3. The molecule has 2 aliphatic rings. The molecule has 1 aromatic heterocycles. The first-order valence-corrected chi connectivity index (χ1v) is 8.85. The van der Waals surface area contributed by atoms with E-state index in [1.807, 2.05) is 12.3 Å². The number of likely N-dealkylation sites (tertiary alicyclic amines) is 1. The smallest absolute Gasteiger partial charge is 0.306 e. The number of pyridine rings is 1. The number of carboxylic acids is 1. The molecule has 2 fully saturated rings. The predicted octanol–water partition coefficient (Wildman–Crippen LogP) is 3.62. The van der Waals surface area contributed by atoms with Crippen molar-refractivity contribution in [2.45, 2.75) is 39.2 Å². The second-order valence-corrected chi connectivity index (χ2v) is 7.66. The molecular formula is C20H24N2O2. The van der Waals surface area contributed by atoms with E-state index >= 15 is 0 Å². The van der Waals surface area contributed by atoms with Gasteiger partial charge < -0.3 is 5.11 Å². The highest BCUT2D eigenvalue weighted by molar-refractivity contribution is 5.84. The molecule has 1 aliphatic carbocycles. The highest BCUT2D eigenvalue weighted by atomic mass is 16.4. The van der Waals surface area contributed by atoms with Crippen molar-refractivity contribution in [3.05, 3.63) is 41.6 Å². The van der Waals surface area contributed by atoms with Gasteiger partial charge >= 0.3 is 5.97 Å². The number of fused-ring (bicyclic) bond motifs is 1. The van der Waals surface area contributed by atoms with E-state index in [2.05, 4.69) is 35.0 Å². The van der Waals surface area contributed by atoms with E-state index in [0.29, 0.717) is 5.41 Å². The van der Waals surface area contributed by atoms with E-state index in [-0.39, 0.29) is 5.92 Å². The lowest BCUT2D eigenvalue weighted by Gasteiger charge is -2.51. The summed E-state index contributed by atoms with van der Waals surface area (Å²) in [4.78, 5) is 18.1. The number of nitrogens with zero attached hydrogens (tertiary/aromatic N) is 2. The molecule has 1 saturated heterocycles. The summed E-state index contributed by atoms with van der Waals surface area (Å²) in [7, 11) is 0. The zero-order chi connectivity index (χ0) is 16.7. The Labute approximate surface area is 142 Å². The Morgan fingerprint density at radius 3 is 2.75 bits per heavy atom. The largest absolute Gasteiger partial charge is 0.481 e. The highest BCUT2D eigenvalue weighted by Gasteiger charge is 2.48. The van der Waals surface area contributed by atoms with Crippen molar-refractivity contribution in [3.8, 4) is 0 Å². The third-order valence-corrected chi connectivity index (χ3v) is 6.09. The quantitative estimate of drug-likeness (QED) is 0.937. The molecule has 1 aromatic carbocycles. The molecule has 2 aromatic rings. The Morgan fingerprint density at radius 1 is 1.29 bits per heavy atom. The molecule has 0 bridgehead atoms. The average Bonchev–Trinajstić information content (AvgIpc) is 2.56. The lowest BCUT2D eigenvalue weighted by Crippen LogP contribution is -2.48. The van der Waals surface area contributed by atoms with Crippen LogP contribution in [0.15, 0.2) is 30.5 Å². The summed E-state index contributed by atoms with van der Waals surface area (Å²) >= 11 is 0. The fourth-order valence-corrected chi connectivity index (χ4v) is 4.50. The lowest BCUT2D eigenvalue weighted by atomic mass is 9.57. The predicted molar refractivity (Wildman–Crippen MR) is 93.8 cm³/mol. The van der Waals surface area contributed by atoms with E-state index in [4.69, 9.17) is 5.11 Å². The molecule has 1 N–H and O–H groups in total. The standard InChI is InChI=1S/C20H24N2O2/c1-14-4-5-15(18-17(14)3-2-8-21-18)13-22-9-6-20(7-10-22)11-16(12-20)19(23)24/h2-5,8,16H,6-7,9-13H2,1H3,(H,23,24). The first-order valence-electron chi connectivity index (χ1n) is 8.85. The number of rotatable bonds is 3. The number of carboxylic acid groups (broad SMARTS) is 1. The van der Waals surface area contributed by atoms with Crippen molar-refractivity contribution < 1.29 is 9.90 Å². The highest BCUT2D eigenvalue weighted by Crippen LogP contribution is 2.52. The fraction of sp³-hybridized carbons (Fsp3) is 0.500. The normalized spacial score (nSPS) is 21.0. The summed E-state index contributed by atoms with van der Waals surface area (Å²) in [6.07, 6.45) is 5.90. The Balaban J connectivity index is 1.43. The van der Waals surface area contributed by atoms with Gasteiger partial charge in [0.25, 0.3) is 0 Å². The maximum Gasteiger partial charge on any atom is 0.306 e. The maximum atomic E-state index is 11.0. The Bertz CT molecular complexity index is 770. The van der Waals surface area contributed by atoms with Crippen LogP contribution in [0.5, 0.6) is 0 Å². The van der Waals surface area contributed by atoms with Gasteiger partial charge in [0.15, 0.2) is 0 Å². The monoisotopic (exact) mass is 324 g/mol. The summed E-state index contributed by atoms with van der Waals surface area (Å²) in [6, 6.07) is 8.54. The maximum absolute atomic E-state index is 11.0. The van der Waals surface area contributed by atoms with Gasteiger partial charge in [0.05, 0.1) is 11.4 Å². The summed E-state index contributed by atoms with van der Waals surface area (Å²) in [6.45, 7) is 5.20. The fourth-order valence-electron chi connectivity index (χ4n) is 4.50. The molecule has 0 unspecified atom stereocenters. The third-order valence-electron chi connectivity index (χ3n) is 6.09. The van der Waals surface area contributed by atoms with Crippen LogP contribution in [-0.2, 0) is 11.3 Å². The zero-order valence-electron chi connectivity index (χ0n) is 14.2. The van der Waals surface area contributed by atoms with Crippen LogP contribution in [0.1, 0.15) is 36.8 Å². The Morgan fingerprint density at radius 2 is 2.04 bits per heavy atom. The number of aliphatic carboxylic acids is 1. The topological polar surface area (TPSA) is 53.4 Å². The van der Waals surface area contributed by atoms with Gasteiger partial charge in [-0.2, -0.15) is 0 Å². The van der Waals surface area contributed by atoms with Crippen molar-refractivity contribution in [1.82, 2.24) is 9.88 Å². The number of aryl methyl sites for hydroxylation is 1. The van der Waals surface area contributed by atoms with Crippen molar-refractivity contribution in [1.29, 1.82) is 0 Å². The van der Waals surface area contributed by atoms with Gasteiger partial charge in [0.1, 0.15) is 0 Å². The molecule has 1 saturated carbocycles. The van der Waals surface area contributed by atoms with Crippen LogP contribution in [0.25, 0.3) is 10.9 Å². The molecule has 2 heterocycles. The minimum Gasteiger partial charge on any atom is -0.481 e. The van der Waals surface area contributed by atoms with E-state index in [9.17, 15) is 4.79 Å². The van der Waals surface area contributed by atoms with Crippen molar-refractivity contribution in [2.75, 3.05) is 13.1 Å². The van der Waals surface area contributed by atoms with E-state index in [0.717, 1.165) is 50.8 Å². The van der Waals surface area contributed by atoms with Gasteiger partial charge in [0, 0.05) is 18.1 Å². The summed E-state index contributed by atoms with van der Waals surface area (Å²) in [5.41, 5.74) is 4.00. The average molecular weight is 324 g/mol. The van der Waals surface area contributed by atoms with Gasteiger partial charge in [-0.3, -0.25) is 14.7 Å². The molecule has 4 rings (SSSR count). The summed E-state index contributed by atoms with van der Waals surface area (Å²) in [5.74, 6) is -0.706. The van der Waals surface area contributed by atoms with Crippen LogP contribution in [-0.4, -0.2) is 34.0 Å². The molecule has 0 atom stereocenters. The molecule has 1 spiro atoms. The molecule has 4 heteroatoms. The van der Waals surface area contributed by atoms with E-state index in [1.165, 1.54) is 16.5 Å². The lowest BCUT2D eigenvalue weighted by molar-refractivity contribution is -0.152. The SMILES string of the molecule is Cc1ccc(CN2CCC3(CC2)CC(C(=O)O)C3)c2ncccc12. The zero-order valence-corrected chi connectivity index (χ0v) is 14.2. The van der Waals surface area contributed by atoms with Gasteiger partial charge in [-0.1, -0.05) is 18.2 Å². The van der Waals surface area contributed by atoms with Crippen LogP contribution in [0.4, 0.5) is 0 Å². The van der Waals surface area contributed by atoms with Gasteiger partial charge in [-0.05, 0) is 68.3 Å². The number of piperidine rings is 1. The number of hydrogen-bond acceptors (Lipinski definition) is 3. The van der Waals surface area contributed by atoms with Gasteiger partial charge in [0.2, 0.25) is 0 Å². The number of aromatic nitrogens is 1. The van der Waals surface area contributed by atoms with Crippen molar-refractivity contribution >= 4 is 16.9 Å². The molecule has 126 valence electrons. The van der Waals surface area contributed by atoms with Crippen molar-refractivity contribution in [2.24, 2.45) is 11.3 Å². The second kappa shape index (κ2) is 5.85.